The van der Waals surface area contributed by atoms with Crippen molar-refractivity contribution in [1.29, 1.82) is 0 Å². The second-order valence-electron chi connectivity index (χ2n) is 6.48. The minimum atomic E-state index is 0.892. The average molecular weight is 345 g/mol. The quantitative estimate of drug-likeness (QED) is 0.556. The van der Waals surface area contributed by atoms with Crippen molar-refractivity contribution in [3.8, 4) is 0 Å². The molecule has 3 aromatic heterocycles. The summed E-state index contributed by atoms with van der Waals surface area (Å²) in [5.41, 5.74) is 3.12. The van der Waals surface area contributed by atoms with Gasteiger partial charge in [-0.1, -0.05) is 12.1 Å². The molecule has 1 saturated heterocycles. The minimum absolute atomic E-state index is 0.892. The van der Waals surface area contributed by atoms with Crippen LogP contribution in [0.4, 0.5) is 11.6 Å². The number of rotatable bonds is 2. The van der Waals surface area contributed by atoms with Gasteiger partial charge in [-0.15, -0.1) is 5.10 Å². The van der Waals surface area contributed by atoms with E-state index in [1.54, 1.807) is 6.20 Å². The summed E-state index contributed by atoms with van der Waals surface area (Å²) in [5.74, 6) is 1.94. The number of benzene rings is 1. The van der Waals surface area contributed by atoms with Crippen LogP contribution in [0.15, 0.2) is 55.1 Å². The summed E-state index contributed by atoms with van der Waals surface area (Å²) in [4.78, 5) is 14.0. The highest BCUT2D eigenvalue weighted by atomic mass is 15.3. The van der Waals surface area contributed by atoms with Gasteiger partial charge in [0.1, 0.15) is 5.52 Å². The van der Waals surface area contributed by atoms with Crippen molar-refractivity contribution in [2.75, 3.05) is 36.0 Å². The van der Waals surface area contributed by atoms with Crippen molar-refractivity contribution < 1.29 is 0 Å². The van der Waals surface area contributed by atoms with E-state index in [9.17, 15) is 0 Å². The van der Waals surface area contributed by atoms with Crippen LogP contribution in [0.3, 0.4) is 0 Å². The number of anilines is 2. The maximum atomic E-state index is 4.96. The van der Waals surface area contributed by atoms with Gasteiger partial charge in [0.25, 0.3) is 0 Å². The number of para-hydroxylation sites is 2. The third kappa shape index (κ3) is 2.52. The molecule has 1 aromatic carbocycles. The first-order valence-electron chi connectivity index (χ1n) is 8.88. The zero-order chi connectivity index (χ0) is 17.3. The van der Waals surface area contributed by atoms with E-state index in [4.69, 9.17) is 4.98 Å². The third-order valence-electron chi connectivity index (χ3n) is 4.91. The first-order chi connectivity index (χ1) is 12.9. The molecule has 0 aliphatic carbocycles. The summed E-state index contributed by atoms with van der Waals surface area (Å²) in [7, 11) is 0. The Balaban J connectivity index is 1.50. The molecule has 0 saturated carbocycles. The highest BCUT2D eigenvalue weighted by molar-refractivity contribution is 5.84. The van der Waals surface area contributed by atoms with E-state index in [1.807, 2.05) is 36.8 Å². The van der Waals surface area contributed by atoms with E-state index in [0.29, 0.717) is 0 Å². The molecule has 0 bridgehead atoms. The van der Waals surface area contributed by atoms with Crippen LogP contribution in [0.1, 0.15) is 6.42 Å². The molecule has 7 heteroatoms. The van der Waals surface area contributed by atoms with Gasteiger partial charge in [-0.3, -0.25) is 4.40 Å². The predicted octanol–water partition coefficient (Wildman–Crippen LogP) is 2.39. The SMILES string of the molecule is c1cnnc(N2CCCN(c3nc4ccccc4n4cncc34)CC2)c1. The maximum Gasteiger partial charge on any atom is 0.155 e. The fourth-order valence-corrected chi connectivity index (χ4v) is 3.64. The first-order valence-corrected chi connectivity index (χ1v) is 8.88. The van der Waals surface area contributed by atoms with E-state index in [2.05, 4.69) is 41.5 Å². The van der Waals surface area contributed by atoms with E-state index in [-0.39, 0.29) is 0 Å². The third-order valence-corrected chi connectivity index (χ3v) is 4.91. The lowest BCUT2D eigenvalue weighted by atomic mass is 10.3. The van der Waals surface area contributed by atoms with Gasteiger partial charge in [0.15, 0.2) is 11.6 Å². The van der Waals surface area contributed by atoms with Crippen LogP contribution in [0.2, 0.25) is 0 Å². The summed E-state index contributed by atoms with van der Waals surface area (Å²) in [6.45, 7) is 3.72. The molecule has 1 fully saturated rings. The molecule has 4 aromatic rings. The van der Waals surface area contributed by atoms with Crippen molar-refractivity contribution in [1.82, 2.24) is 24.6 Å². The van der Waals surface area contributed by atoms with Gasteiger partial charge in [-0.2, -0.15) is 5.10 Å². The summed E-state index contributed by atoms with van der Waals surface area (Å²) >= 11 is 0. The number of imidazole rings is 1. The zero-order valence-corrected chi connectivity index (χ0v) is 14.4. The Hall–Kier alpha value is -3.22. The van der Waals surface area contributed by atoms with Crippen molar-refractivity contribution >= 4 is 28.2 Å². The van der Waals surface area contributed by atoms with Crippen LogP contribution in [-0.2, 0) is 0 Å². The van der Waals surface area contributed by atoms with Gasteiger partial charge in [-0.05, 0) is 30.7 Å². The fraction of sp³-hybridized carbons (Fsp3) is 0.263. The highest BCUT2D eigenvalue weighted by Crippen LogP contribution is 2.25. The van der Waals surface area contributed by atoms with E-state index < -0.39 is 0 Å². The van der Waals surface area contributed by atoms with Gasteiger partial charge in [-0.25, -0.2) is 9.97 Å². The Morgan fingerprint density at radius 1 is 0.846 bits per heavy atom. The molecule has 130 valence electrons. The first kappa shape index (κ1) is 15.1. The lowest BCUT2D eigenvalue weighted by Crippen LogP contribution is -2.31. The summed E-state index contributed by atoms with van der Waals surface area (Å²) < 4.78 is 2.13. The normalized spacial score (nSPS) is 15.5. The van der Waals surface area contributed by atoms with Crippen molar-refractivity contribution in [3.05, 3.63) is 55.1 Å². The molecular weight excluding hydrogens is 326 g/mol. The van der Waals surface area contributed by atoms with Crippen LogP contribution < -0.4 is 9.80 Å². The lowest BCUT2D eigenvalue weighted by molar-refractivity contribution is 0.785. The largest absolute Gasteiger partial charge is 0.353 e. The number of hydrogen-bond acceptors (Lipinski definition) is 6. The second-order valence-corrected chi connectivity index (χ2v) is 6.48. The predicted molar refractivity (Wildman–Crippen MR) is 102 cm³/mol. The maximum absolute atomic E-state index is 4.96. The van der Waals surface area contributed by atoms with Crippen molar-refractivity contribution in [2.24, 2.45) is 0 Å². The summed E-state index contributed by atoms with van der Waals surface area (Å²) in [6, 6.07) is 12.2. The Kier molecular flexibility index (Phi) is 3.62. The standard InChI is InChI=1S/C19H19N7/c1-2-6-16-15(5-1)22-19(17-13-20-14-26(16)17)25-10-4-9-24(11-12-25)18-7-3-8-21-23-18/h1-3,5-8,13-14H,4,9-12H2. The molecule has 26 heavy (non-hydrogen) atoms. The van der Waals surface area contributed by atoms with Crippen LogP contribution >= 0.6 is 0 Å². The molecule has 7 nitrogen and oxygen atoms in total. The van der Waals surface area contributed by atoms with Gasteiger partial charge < -0.3 is 9.80 Å². The van der Waals surface area contributed by atoms with E-state index in [0.717, 1.165) is 60.8 Å². The van der Waals surface area contributed by atoms with Crippen molar-refractivity contribution in [3.63, 3.8) is 0 Å². The Morgan fingerprint density at radius 2 is 1.73 bits per heavy atom. The molecule has 0 unspecified atom stereocenters. The molecule has 0 amide bonds. The number of aromatic nitrogens is 5. The van der Waals surface area contributed by atoms with Crippen LogP contribution in [0.25, 0.3) is 16.6 Å². The van der Waals surface area contributed by atoms with Gasteiger partial charge >= 0.3 is 0 Å². The summed E-state index contributed by atoms with van der Waals surface area (Å²) in [5, 5.41) is 8.26. The molecule has 1 aliphatic heterocycles. The van der Waals surface area contributed by atoms with Gasteiger partial charge in [0.2, 0.25) is 0 Å². The Labute approximate surface area is 150 Å². The molecule has 0 radical (unpaired) electrons. The zero-order valence-electron chi connectivity index (χ0n) is 14.4. The minimum Gasteiger partial charge on any atom is -0.353 e. The Morgan fingerprint density at radius 3 is 2.65 bits per heavy atom. The van der Waals surface area contributed by atoms with Gasteiger partial charge in [0, 0.05) is 32.4 Å². The number of nitrogens with zero attached hydrogens (tertiary/aromatic N) is 7. The lowest BCUT2D eigenvalue weighted by Gasteiger charge is -2.24. The fourth-order valence-electron chi connectivity index (χ4n) is 3.64. The van der Waals surface area contributed by atoms with Crippen molar-refractivity contribution in [2.45, 2.75) is 6.42 Å². The van der Waals surface area contributed by atoms with E-state index in [1.165, 1.54) is 0 Å². The van der Waals surface area contributed by atoms with E-state index >= 15 is 0 Å². The second kappa shape index (κ2) is 6.25. The van der Waals surface area contributed by atoms with Crippen LogP contribution in [0, 0.1) is 0 Å². The van der Waals surface area contributed by atoms with Crippen LogP contribution in [0.5, 0.6) is 0 Å². The monoisotopic (exact) mass is 345 g/mol. The molecule has 0 atom stereocenters. The topological polar surface area (TPSA) is 62.5 Å². The average Bonchev–Trinajstić information content (AvgIpc) is 3.06. The van der Waals surface area contributed by atoms with Gasteiger partial charge in [0.05, 0.1) is 23.6 Å². The summed E-state index contributed by atoms with van der Waals surface area (Å²) in [6.07, 6.45) is 6.53. The highest BCUT2D eigenvalue weighted by Gasteiger charge is 2.20. The Bertz CT molecular complexity index is 1040. The molecule has 1 aliphatic rings. The van der Waals surface area contributed by atoms with Crippen LogP contribution in [-0.4, -0.2) is 50.7 Å². The number of hydrogen-bond donors (Lipinski definition) is 0. The molecule has 5 rings (SSSR count). The molecule has 4 heterocycles. The molecule has 0 N–H and O–H groups in total. The molecular formula is C19H19N7. The smallest absolute Gasteiger partial charge is 0.155 e. The molecule has 0 spiro atoms. The number of fused-ring (bicyclic) bond motifs is 3.